The summed E-state index contributed by atoms with van der Waals surface area (Å²) in [4.78, 5) is 12.4. The van der Waals surface area contributed by atoms with Crippen molar-refractivity contribution >= 4 is 29.0 Å². The fraction of sp³-hybridized carbons (Fsp3) is 0.211. The Hall–Kier alpha value is -3.93. The minimum Gasteiger partial charge on any atom is -0.493 e. The van der Waals surface area contributed by atoms with E-state index in [-0.39, 0.29) is 23.3 Å². The molecule has 0 bridgehead atoms. The van der Waals surface area contributed by atoms with Crippen molar-refractivity contribution in [3.8, 4) is 17.2 Å². The predicted molar refractivity (Wildman–Crippen MR) is 108 cm³/mol. The molecule has 1 atom stereocenters. The Morgan fingerprint density at radius 1 is 1.00 bits per heavy atom. The monoisotopic (exact) mass is 432 g/mol. The Morgan fingerprint density at radius 2 is 1.65 bits per heavy atom. The molecule has 0 saturated heterocycles. The summed E-state index contributed by atoms with van der Waals surface area (Å²) in [5, 5.41) is 17.7. The van der Waals surface area contributed by atoms with Crippen LogP contribution in [0.1, 0.15) is 0 Å². The van der Waals surface area contributed by atoms with Gasteiger partial charge in [0.05, 0.1) is 19.9 Å². The molecule has 162 valence electrons. The molecule has 0 spiro atoms. The maximum atomic E-state index is 13.4. The number of hydrogen-bond donors (Lipinski definition) is 4. The quantitative estimate of drug-likeness (QED) is 0.462. The van der Waals surface area contributed by atoms with E-state index in [1.807, 2.05) is 0 Å². The number of nitrogens with one attached hydrogen (secondary N) is 3. The number of nitrogens with zero attached hydrogens (tertiary/aromatic N) is 3. The van der Waals surface area contributed by atoms with Crippen LogP contribution in [0.15, 0.2) is 42.7 Å². The molecule has 1 unspecified atom stereocenters. The van der Waals surface area contributed by atoms with Crippen LogP contribution in [-0.4, -0.2) is 46.6 Å². The molecule has 31 heavy (non-hydrogen) atoms. The Kier molecular flexibility index (Phi) is 5.29. The number of methoxy groups -OCH3 is 2. The standard InChI is InChI=1S/C19H18F2N6O4/c1-29-14-6-4-11(8-15(14)30-2)25-18-23-9-22-17(27-18)24-10-3-5-13-12(7-10)26-16(28)19(20,21)31-13/h3-9,16,26,28H,1-2H3,(H2,22,23,24,25,27). The molecule has 0 amide bonds. The van der Waals surface area contributed by atoms with Gasteiger partial charge in [-0.05, 0) is 30.3 Å². The fourth-order valence-corrected chi connectivity index (χ4v) is 2.83. The lowest BCUT2D eigenvalue weighted by Gasteiger charge is -2.31. The predicted octanol–water partition coefficient (Wildman–Crippen LogP) is 3.09. The summed E-state index contributed by atoms with van der Waals surface area (Å²) < 4.78 is 41.9. The summed E-state index contributed by atoms with van der Waals surface area (Å²) in [6.07, 6.45) is -4.58. The molecule has 4 N–H and O–H groups in total. The number of ether oxygens (including phenoxy) is 3. The molecule has 0 radical (unpaired) electrons. The number of benzene rings is 2. The molecule has 1 aliphatic heterocycles. The number of fused-ring (bicyclic) bond motifs is 1. The molecule has 0 aliphatic carbocycles. The smallest absolute Gasteiger partial charge is 0.444 e. The zero-order valence-corrected chi connectivity index (χ0v) is 16.4. The van der Waals surface area contributed by atoms with E-state index in [1.54, 1.807) is 25.3 Å². The van der Waals surface area contributed by atoms with E-state index in [0.717, 1.165) is 0 Å². The molecule has 2 aromatic carbocycles. The molecule has 2 heterocycles. The highest BCUT2D eigenvalue weighted by molar-refractivity contribution is 5.69. The molecule has 12 heteroatoms. The number of hydrogen-bond acceptors (Lipinski definition) is 10. The van der Waals surface area contributed by atoms with Crippen LogP contribution in [0.25, 0.3) is 0 Å². The van der Waals surface area contributed by atoms with Gasteiger partial charge >= 0.3 is 6.11 Å². The summed E-state index contributed by atoms with van der Waals surface area (Å²) in [6.45, 7) is 0. The maximum Gasteiger partial charge on any atom is 0.444 e. The average molecular weight is 432 g/mol. The number of aliphatic hydroxyl groups excluding tert-OH is 1. The van der Waals surface area contributed by atoms with Gasteiger partial charge in [0.15, 0.2) is 11.5 Å². The number of alkyl halides is 2. The van der Waals surface area contributed by atoms with Gasteiger partial charge in [0.2, 0.25) is 18.1 Å². The van der Waals surface area contributed by atoms with Crippen molar-refractivity contribution in [2.45, 2.75) is 12.3 Å². The lowest BCUT2D eigenvalue weighted by molar-refractivity contribution is -0.235. The SMILES string of the molecule is COc1ccc(Nc2ncnc(Nc3ccc4c(c3)NC(O)C(F)(F)O4)n2)cc1OC. The van der Waals surface area contributed by atoms with Crippen LogP contribution in [0.3, 0.4) is 0 Å². The van der Waals surface area contributed by atoms with Gasteiger partial charge in [0, 0.05) is 17.4 Å². The lowest BCUT2D eigenvalue weighted by Crippen LogP contribution is -2.47. The van der Waals surface area contributed by atoms with Crippen molar-refractivity contribution in [1.29, 1.82) is 0 Å². The van der Waals surface area contributed by atoms with Crippen LogP contribution in [0.2, 0.25) is 0 Å². The lowest BCUT2D eigenvalue weighted by atomic mass is 10.2. The molecule has 1 aromatic heterocycles. The van der Waals surface area contributed by atoms with Crippen LogP contribution in [0, 0.1) is 0 Å². The van der Waals surface area contributed by atoms with Gasteiger partial charge in [-0.25, -0.2) is 9.97 Å². The Balaban J connectivity index is 1.50. The van der Waals surface area contributed by atoms with Crippen LogP contribution in [-0.2, 0) is 0 Å². The molecule has 10 nitrogen and oxygen atoms in total. The van der Waals surface area contributed by atoms with Crippen molar-refractivity contribution in [2.24, 2.45) is 0 Å². The van der Waals surface area contributed by atoms with Crippen molar-refractivity contribution in [3.05, 3.63) is 42.7 Å². The van der Waals surface area contributed by atoms with Gasteiger partial charge < -0.3 is 35.3 Å². The molecule has 4 rings (SSSR count). The summed E-state index contributed by atoms with van der Waals surface area (Å²) in [7, 11) is 3.08. The molecular weight excluding hydrogens is 414 g/mol. The van der Waals surface area contributed by atoms with E-state index in [4.69, 9.17) is 9.47 Å². The number of anilines is 5. The van der Waals surface area contributed by atoms with Crippen molar-refractivity contribution in [3.63, 3.8) is 0 Å². The van der Waals surface area contributed by atoms with Crippen molar-refractivity contribution < 1.29 is 28.1 Å². The van der Waals surface area contributed by atoms with E-state index in [9.17, 15) is 13.9 Å². The van der Waals surface area contributed by atoms with Gasteiger partial charge in [-0.15, -0.1) is 0 Å². The summed E-state index contributed by atoms with van der Waals surface area (Å²) >= 11 is 0. The van der Waals surface area contributed by atoms with E-state index in [0.29, 0.717) is 22.9 Å². The van der Waals surface area contributed by atoms with Crippen LogP contribution < -0.4 is 30.2 Å². The molecule has 0 saturated carbocycles. The van der Waals surface area contributed by atoms with Crippen LogP contribution >= 0.6 is 0 Å². The largest absolute Gasteiger partial charge is 0.493 e. The number of aromatic nitrogens is 3. The van der Waals surface area contributed by atoms with Gasteiger partial charge in [-0.1, -0.05) is 0 Å². The first-order chi connectivity index (χ1) is 14.9. The second-order valence-corrected chi connectivity index (χ2v) is 6.37. The average Bonchev–Trinajstić information content (AvgIpc) is 2.75. The van der Waals surface area contributed by atoms with E-state index in [1.165, 1.54) is 31.6 Å². The second kappa shape index (κ2) is 8.07. The molecule has 3 aromatic rings. The second-order valence-electron chi connectivity index (χ2n) is 6.37. The van der Waals surface area contributed by atoms with Gasteiger partial charge in [0.25, 0.3) is 0 Å². The summed E-state index contributed by atoms with van der Waals surface area (Å²) in [6, 6.07) is 9.58. The number of halogens is 2. The maximum absolute atomic E-state index is 13.4. The van der Waals surface area contributed by atoms with Crippen molar-refractivity contribution in [2.75, 3.05) is 30.2 Å². The first-order valence-corrected chi connectivity index (χ1v) is 8.98. The minimum atomic E-state index is -3.72. The molecule has 1 aliphatic rings. The number of rotatable bonds is 6. The highest BCUT2D eigenvalue weighted by atomic mass is 19.3. The van der Waals surface area contributed by atoms with E-state index in [2.05, 4.69) is 35.6 Å². The number of aliphatic hydroxyl groups is 1. The third kappa shape index (κ3) is 4.33. The van der Waals surface area contributed by atoms with Crippen LogP contribution in [0.5, 0.6) is 17.2 Å². The van der Waals surface area contributed by atoms with Gasteiger partial charge in [-0.2, -0.15) is 13.8 Å². The normalized spacial score (nSPS) is 16.4. The van der Waals surface area contributed by atoms with Crippen molar-refractivity contribution in [1.82, 2.24) is 15.0 Å². The highest BCUT2D eigenvalue weighted by Crippen LogP contribution is 2.39. The zero-order chi connectivity index (χ0) is 22.0. The zero-order valence-electron chi connectivity index (χ0n) is 16.4. The Morgan fingerprint density at radius 3 is 2.32 bits per heavy atom. The fourth-order valence-electron chi connectivity index (χ4n) is 2.83. The van der Waals surface area contributed by atoms with Gasteiger partial charge in [-0.3, -0.25) is 0 Å². The third-order valence-electron chi connectivity index (χ3n) is 4.30. The highest BCUT2D eigenvalue weighted by Gasteiger charge is 2.45. The topological polar surface area (TPSA) is 123 Å². The molecular formula is C19H18F2N6O4. The third-order valence-corrected chi connectivity index (χ3v) is 4.30. The first kappa shape index (κ1) is 20.3. The van der Waals surface area contributed by atoms with E-state index < -0.39 is 12.3 Å². The Labute approximate surface area is 175 Å². The van der Waals surface area contributed by atoms with Gasteiger partial charge in [0.1, 0.15) is 12.1 Å². The first-order valence-electron chi connectivity index (χ1n) is 8.98. The van der Waals surface area contributed by atoms with Crippen LogP contribution in [0.4, 0.5) is 37.7 Å². The summed E-state index contributed by atoms with van der Waals surface area (Å²) in [5.41, 5.74) is 1.34. The summed E-state index contributed by atoms with van der Waals surface area (Å²) in [5.74, 6) is 1.50. The Bertz CT molecular complexity index is 1100. The molecule has 0 fully saturated rings. The minimum absolute atomic E-state index is 0.0905. The van der Waals surface area contributed by atoms with E-state index >= 15 is 0 Å².